The second-order valence-electron chi connectivity index (χ2n) is 4.21. The average molecular weight is 233 g/mol. The van der Waals surface area contributed by atoms with E-state index in [-0.39, 0.29) is 11.9 Å². The zero-order valence-electron chi connectivity index (χ0n) is 10.2. The highest BCUT2D eigenvalue weighted by Crippen LogP contribution is 2.16. The number of esters is 1. The van der Waals surface area contributed by atoms with Gasteiger partial charge in [0.2, 0.25) is 0 Å². The molecule has 0 aliphatic carbocycles. The number of aromatic nitrogens is 3. The quantitative estimate of drug-likeness (QED) is 0.752. The first-order valence-electron chi connectivity index (χ1n) is 5.48. The molecule has 0 spiro atoms. The molecule has 0 radical (unpaired) electrons. The molecule has 5 heteroatoms. The Kier molecular flexibility index (Phi) is 3.08. The number of carbonyl (C=O) groups excluding carboxylic acids is 1. The van der Waals surface area contributed by atoms with Crippen LogP contribution < -0.4 is 0 Å². The van der Waals surface area contributed by atoms with E-state index >= 15 is 0 Å². The number of hydrogen-bond acceptors (Lipinski definition) is 4. The summed E-state index contributed by atoms with van der Waals surface area (Å²) in [6.45, 7) is 3.87. The van der Waals surface area contributed by atoms with Crippen molar-refractivity contribution in [1.82, 2.24) is 14.6 Å². The Hall–Kier alpha value is -1.91. The van der Waals surface area contributed by atoms with Crippen molar-refractivity contribution in [3.63, 3.8) is 0 Å². The van der Waals surface area contributed by atoms with Crippen molar-refractivity contribution in [2.45, 2.75) is 20.3 Å². The van der Waals surface area contributed by atoms with Gasteiger partial charge in [0.15, 0.2) is 5.65 Å². The molecule has 0 saturated heterocycles. The predicted octanol–water partition coefficient (Wildman–Crippen LogP) is 1.39. The van der Waals surface area contributed by atoms with Gasteiger partial charge in [-0.05, 0) is 30.5 Å². The second kappa shape index (κ2) is 4.53. The molecule has 0 amide bonds. The summed E-state index contributed by atoms with van der Waals surface area (Å²) in [5.41, 5.74) is 3.01. The van der Waals surface area contributed by atoms with E-state index in [1.165, 1.54) is 7.11 Å². The van der Waals surface area contributed by atoms with Crippen LogP contribution in [0.2, 0.25) is 0 Å². The van der Waals surface area contributed by atoms with Crippen molar-refractivity contribution in [1.29, 1.82) is 0 Å². The zero-order valence-corrected chi connectivity index (χ0v) is 10.2. The standard InChI is InChI=1S/C12H15N3O2/c1-8(12(16)17-3)4-10-5-11-14-13-7-15(11)6-9(10)2/h5-8H,4H2,1-3H3/t8-/m0/s1. The molecule has 90 valence electrons. The highest BCUT2D eigenvalue weighted by molar-refractivity contribution is 5.72. The summed E-state index contributed by atoms with van der Waals surface area (Å²) >= 11 is 0. The minimum absolute atomic E-state index is 0.149. The molecule has 5 nitrogen and oxygen atoms in total. The Balaban J connectivity index is 2.28. The molecular formula is C12H15N3O2. The van der Waals surface area contributed by atoms with Crippen molar-refractivity contribution in [2.75, 3.05) is 7.11 Å². The third kappa shape index (κ3) is 2.27. The number of aryl methyl sites for hydroxylation is 1. The summed E-state index contributed by atoms with van der Waals surface area (Å²) in [6.07, 6.45) is 4.28. The molecule has 0 aliphatic rings. The highest BCUT2D eigenvalue weighted by atomic mass is 16.5. The van der Waals surface area contributed by atoms with Gasteiger partial charge in [0, 0.05) is 6.20 Å². The minimum Gasteiger partial charge on any atom is -0.469 e. The summed E-state index contributed by atoms with van der Waals surface area (Å²) in [7, 11) is 1.41. The van der Waals surface area contributed by atoms with Crippen LogP contribution in [0.25, 0.3) is 5.65 Å². The van der Waals surface area contributed by atoms with Gasteiger partial charge in [0.05, 0.1) is 13.0 Å². The molecule has 0 aromatic carbocycles. The smallest absolute Gasteiger partial charge is 0.308 e. The maximum absolute atomic E-state index is 11.4. The van der Waals surface area contributed by atoms with E-state index in [0.717, 1.165) is 16.8 Å². The SMILES string of the molecule is COC(=O)[C@@H](C)Cc1cc2nncn2cc1C. The van der Waals surface area contributed by atoms with Gasteiger partial charge in [0.25, 0.3) is 0 Å². The summed E-state index contributed by atoms with van der Waals surface area (Å²) in [5.74, 6) is -0.338. The number of pyridine rings is 1. The fraction of sp³-hybridized carbons (Fsp3) is 0.417. The van der Waals surface area contributed by atoms with Crippen LogP contribution in [-0.2, 0) is 16.0 Å². The van der Waals surface area contributed by atoms with Gasteiger partial charge < -0.3 is 4.74 Å². The topological polar surface area (TPSA) is 56.5 Å². The van der Waals surface area contributed by atoms with Crippen molar-refractivity contribution in [2.24, 2.45) is 5.92 Å². The Labute approximate surface area is 99.4 Å². The lowest BCUT2D eigenvalue weighted by Crippen LogP contribution is -2.15. The molecule has 2 heterocycles. The fourth-order valence-electron chi connectivity index (χ4n) is 1.85. The first-order valence-corrected chi connectivity index (χ1v) is 5.48. The summed E-state index contributed by atoms with van der Waals surface area (Å²) < 4.78 is 6.59. The van der Waals surface area contributed by atoms with E-state index in [1.807, 2.05) is 30.5 Å². The molecule has 0 bridgehead atoms. The molecule has 2 aromatic heterocycles. The third-order valence-electron chi connectivity index (χ3n) is 2.87. The third-order valence-corrected chi connectivity index (χ3v) is 2.87. The van der Waals surface area contributed by atoms with Crippen LogP contribution in [0, 0.1) is 12.8 Å². The van der Waals surface area contributed by atoms with Gasteiger partial charge in [-0.1, -0.05) is 6.92 Å². The molecule has 0 N–H and O–H groups in total. The summed E-state index contributed by atoms with van der Waals surface area (Å²) in [6, 6.07) is 1.96. The molecule has 0 unspecified atom stereocenters. The summed E-state index contributed by atoms with van der Waals surface area (Å²) in [4.78, 5) is 11.4. The van der Waals surface area contributed by atoms with Crippen LogP contribution in [0.5, 0.6) is 0 Å². The molecule has 1 atom stereocenters. The van der Waals surface area contributed by atoms with Crippen LogP contribution >= 0.6 is 0 Å². The Morgan fingerprint density at radius 2 is 2.35 bits per heavy atom. The van der Waals surface area contributed by atoms with Gasteiger partial charge in [0.1, 0.15) is 6.33 Å². The first-order chi connectivity index (χ1) is 8.11. The Bertz CT molecular complexity index is 548. The highest BCUT2D eigenvalue weighted by Gasteiger charge is 2.15. The number of rotatable bonds is 3. The monoisotopic (exact) mass is 233 g/mol. The lowest BCUT2D eigenvalue weighted by molar-refractivity contribution is -0.144. The number of carbonyl (C=O) groups is 1. The van der Waals surface area contributed by atoms with Crippen LogP contribution in [0.3, 0.4) is 0 Å². The summed E-state index contributed by atoms with van der Waals surface area (Å²) in [5, 5.41) is 7.82. The molecule has 2 rings (SSSR count). The van der Waals surface area contributed by atoms with E-state index in [2.05, 4.69) is 10.2 Å². The van der Waals surface area contributed by atoms with Gasteiger partial charge >= 0.3 is 5.97 Å². The Morgan fingerprint density at radius 1 is 1.59 bits per heavy atom. The number of fused-ring (bicyclic) bond motifs is 1. The van der Waals surface area contributed by atoms with Gasteiger partial charge in [-0.25, -0.2) is 0 Å². The molecule has 0 aliphatic heterocycles. The van der Waals surface area contributed by atoms with Crippen LogP contribution in [0.4, 0.5) is 0 Å². The minimum atomic E-state index is -0.189. The number of ether oxygens (including phenoxy) is 1. The number of nitrogens with zero attached hydrogens (tertiary/aromatic N) is 3. The second-order valence-corrected chi connectivity index (χ2v) is 4.21. The van der Waals surface area contributed by atoms with E-state index in [1.54, 1.807) is 6.33 Å². The van der Waals surface area contributed by atoms with Crippen LogP contribution in [0.1, 0.15) is 18.1 Å². The predicted molar refractivity (Wildman–Crippen MR) is 62.6 cm³/mol. The van der Waals surface area contributed by atoms with Crippen molar-refractivity contribution in [3.05, 3.63) is 29.7 Å². The molecule has 17 heavy (non-hydrogen) atoms. The fourth-order valence-corrected chi connectivity index (χ4v) is 1.85. The lowest BCUT2D eigenvalue weighted by Gasteiger charge is -2.11. The van der Waals surface area contributed by atoms with E-state index in [4.69, 9.17) is 4.74 Å². The zero-order chi connectivity index (χ0) is 12.4. The lowest BCUT2D eigenvalue weighted by atomic mass is 9.99. The van der Waals surface area contributed by atoms with Crippen LogP contribution in [-0.4, -0.2) is 27.7 Å². The molecular weight excluding hydrogens is 218 g/mol. The van der Waals surface area contributed by atoms with Gasteiger partial charge in [-0.2, -0.15) is 0 Å². The van der Waals surface area contributed by atoms with E-state index in [9.17, 15) is 4.79 Å². The maximum Gasteiger partial charge on any atom is 0.308 e. The van der Waals surface area contributed by atoms with Crippen LogP contribution in [0.15, 0.2) is 18.6 Å². The van der Waals surface area contributed by atoms with Crippen molar-refractivity contribution >= 4 is 11.6 Å². The van der Waals surface area contributed by atoms with Crippen molar-refractivity contribution < 1.29 is 9.53 Å². The largest absolute Gasteiger partial charge is 0.469 e. The van der Waals surface area contributed by atoms with Crippen molar-refractivity contribution in [3.8, 4) is 0 Å². The van der Waals surface area contributed by atoms with E-state index in [0.29, 0.717) is 6.42 Å². The first kappa shape index (κ1) is 11.6. The maximum atomic E-state index is 11.4. The molecule has 0 saturated carbocycles. The van der Waals surface area contributed by atoms with E-state index < -0.39 is 0 Å². The Morgan fingerprint density at radius 3 is 3.06 bits per heavy atom. The molecule has 0 fully saturated rings. The average Bonchev–Trinajstić information content (AvgIpc) is 2.75. The van der Waals surface area contributed by atoms with Gasteiger partial charge in [-0.3, -0.25) is 9.20 Å². The number of hydrogen-bond donors (Lipinski definition) is 0. The molecule has 2 aromatic rings. The normalized spacial score (nSPS) is 12.6. The number of methoxy groups -OCH3 is 1. The van der Waals surface area contributed by atoms with Gasteiger partial charge in [-0.15, -0.1) is 10.2 Å².